The molecule has 2 rings (SSSR count). The van der Waals surface area contributed by atoms with Gasteiger partial charge in [0.1, 0.15) is 0 Å². The second-order valence-corrected chi connectivity index (χ2v) is 8.55. The van der Waals surface area contributed by atoms with Crippen LogP contribution in [0, 0.1) is 13.8 Å². The van der Waals surface area contributed by atoms with Crippen molar-refractivity contribution in [3.63, 3.8) is 0 Å². The van der Waals surface area contributed by atoms with Crippen LogP contribution in [0.3, 0.4) is 0 Å². The van der Waals surface area contributed by atoms with E-state index < -0.39 is 0 Å². The highest BCUT2D eigenvalue weighted by Gasteiger charge is 2.14. The Kier molecular flexibility index (Phi) is 7.35. The van der Waals surface area contributed by atoms with Crippen molar-refractivity contribution in [1.29, 1.82) is 0 Å². The molecule has 0 atom stereocenters. The molecule has 2 amide bonds. The van der Waals surface area contributed by atoms with E-state index in [2.05, 4.69) is 5.32 Å². The fourth-order valence-corrected chi connectivity index (χ4v) is 4.44. The van der Waals surface area contributed by atoms with E-state index in [1.54, 1.807) is 7.05 Å². The smallest absolute Gasteiger partial charge is 0.243 e. The highest BCUT2D eigenvalue weighted by molar-refractivity contribution is 7.99. The average molecular weight is 397 g/mol. The summed E-state index contributed by atoms with van der Waals surface area (Å²) >= 11 is 8.93. The van der Waals surface area contributed by atoms with Crippen molar-refractivity contribution in [2.24, 2.45) is 0 Å². The Labute approximate surface area is 161 Å². The van der Waals surface area contributed by atoms with Gasteiger partial charge in [0.25, 0.3) is 0 Å². The van der Waals surface area contributed by atoms with Gasteiger partial charge in [-0.3, -0.25) is 9.59 Å². The van der Waals surface area contributed by atoms with Crippen LogP contribution in [0.2, 0.25) is 4.34 Å². The number of hydrogen-bond donors (Lipinski definition) is 1. The first kappa shape index (κ1) is 19.8. The molecule has 1 heterocycles. The highest BCUT2D eigenvalue weighted by Crippen LogP contribution is 2.25. The standard InChI is InChI=1S/C18H21ClN2O2S2/c1-12-5-4-6-13(2)18(12)20-16(22)9-21(3)17(23)11-24-10-14-7-8-15(19)25-14/h4-8H,9-11H2,1-3H3,(H,20,22). The number of carbonyl (C=O) groups excluding carboxylic acids is 2. The number of benzene rings is 1. The molecular weight excluding hydrogens is 376 g/mol. The van der Waals surface area contributed by atoms with Gasteiger partial charge in [0.2, 0.25) is 11.8 Å². The van der Waals surface area contributed by atoms with Crippen LogP contribution >= 0.6 is 34.7 Å². The van der Waals surface area contributed by atoms with Gasteiger partial charge in [-0.15, -0.1) is 23.1 Å². The molecule has 0 saturated carbocycles. The number of halogens is 1. The Bertz CT molecular complexity index is 741. The van der Waals surface area contributed by atoms with E-state index in [9.17, 15) is 9.59 Å². The summed E-state index contributed by atoms with van der Waals surface area (Å²) < 4.78 is 0.752. The van der Waals surface area contributed by atoms with Crippen molar-refractivity contribution in [1.82, 2.24) is 4.90 Å². The first-order valence-corrected chi connectivity index (χ1v) is 10.1. The number of rotatable bonds is 7. The molecule has 0 fully saturated rings. The summed E-state index contributed by atoms with van der Waals surface area (Å²) in [5.41, 5.74) is 2.83. The zero-order valence-electron chi connectivity index (χ0n) is 14.5. The van der Waals surface area contributed by atoms with Crippen LogP contribution in [0.1, 0.15) is 16.0 Å². The normalized spacial score (nSPS) is 10.6. The minimum absolute atomic E-state index is 0.0397. The summed E-state index contributed by atoms with van der Waals surface area (Å²) in [5.74, 6) is 0.821. The van der Waals surface area contributed by atoms with Gasteiger partial charge in [-0.05, 0) is 37.1 Å². The van der Waals surface area contributed by atoms with Crippen molar-refractivity contribution < 1.29 is 9.59 Å². The number of anilines is 1. The molecule has 0 radical (unpaired) electrons. The summed E-state index contributed by atoms with van der Waals surface area (Å²) in [7, 11) is 1.65. The maximum atomic E-state index is 12.2. The number of likely N-dealkylation sites (N-methyl/N-ethyl adjacent to an activating group) is 1. The molecule has 0 aliphatic carbocycles. The van der Waals surface area contributed by atoms with Crippen LogP contribution in [0.25, 0.3) is 0 Å². The molecule has 4 nitrogen and oxygen atoms in total. The van der Waals surface area contributed by atoms with Crippen molar-refractivity contribution in [2.45, 2.75) is 19.6 Å². The third kappa shape index (κ3) is 6.06. The van der Waals surface area contributed by atoms with Gasteiger partial charge < -0.3 is 10.2 Å². The number of para-hydroxylation sites is 1. The van der Waals surface area contributed by atoms with E-state index in [1.807, 2.05) is 44.2 Å². The number of thiophene rings is 1. The van der Waals surface area contributed by atoms with Gasteiger partial charge in [0.05, 0.1) is 16.6 Å². The lowest BCUT2D eigenvalue weighted by Crippen LogP contribution is -2.36. The molecule has 2 aromatic rings. The fraction of sp³-hybridized carbons (Fsp3) is 0.333. The van der Waals surface area contributed by atoms with Crippen LogP contribution in [0.5, 0.6) is 0 Å². The van der Waals surface area contributed by atoms with Crippen LogP contribution in [0.4, 0.5) is 5.69 Å². The maximum Gasteiger partial charge on any atom is 0.243 e. The number of hydrogen-bond acceptors (Lipinski definition) is 4. The molecule has 0 unspecified atom stereocenters. The van der Waals surface area contributed by atoms with Crippen molar-refractivity contribution in [3.8, 4) is 0 Å². The minimum Gasteiger partial charge on any atom is -0.336 e. The summed E-state index contributed by atoms with van der Waals surface area (Å²) in [6.07, 6.45) is 0. The molecule has 0 aliphatic rings. The van der Waals surface area contributed by atoms with Gasteiger partial charge in [-0.2, -0.15) is 0 Å². The molecule has 1 N–H and O–H groups in total. The summed E-state index contributed by atoms with van der Waals surface area (Å²) in [6, 6.07) is 9.67. The molecule has 0 aliphatic heterocycles. The Morgan fingerprint density at radius 3 is 2.48 bits per heavy atom. The van der Waals surface area contributed by atoms with E-state index in [4.69, 9.17) is 11.6 Å². The second-order valence-electron chi connectivity index (χ2n) is 5.76. The number of carbonyl (C=O) groups is 2. The summed E-state index contributed by atoms with van der Waals surface area (Å²) in [5, 5.41) is 2.90. The third-order valence-electron chi connectivity index (χ3n) is 3.65. The first-order valence-electron chi connectivity index (χ1n) is 7.79. The van der Waals surface area contributed by atoms with Crippen LogP contribution in [-0.2, 0) is 15.3 Å². The molecule has 134 valence electrons. The zero-order chi connectivity index (χ0) is 18.4. The lowest BCUT2D eigenvalue weighted by Gasteiger charge is -2.18. The Morgan fingerprint density at radius 2 is 1.88 bits per heavy atom. The van der Waals surface area contributed by atoms with Crippen molar-refractivity contribution in [2.75, 3.05) is 24.7 Å². The van der Waals surface area contributed by atoms with Crippen LogP contribution in [-0.4, -0.2) is 36.1 Å². The zero-order valence-corrected chi connectivity index (χ0v) is 16.9. The second kappa shape index (κ2) is 9.27. The maximum absolute atomic E-state index is 12.2. The SMILES string of the molecule is Cc1cccc(C)c1NC(=O)CN(C)C(=O)CSCc1ccc(Cl)s1. The van der Waals surface area contributed by atoms with Crippen LogP contribution in [0.15, 0.2) is 30.3 Å². The van der Waals surface area contributed by atoms with E-state index in [0.29, 0.717) is 5.75 Å². The van der Waals surface area contributed by atoms with Gasteiger partial charge in [-0.1, -0.05) is 29.8 Å². The first-order chi connectivity index (χ1) is 11.9. The van der Waals surface area contributed by atoms with E-state index in [-0.39, 0.29) is 18.4 Å². The van der Waals surface area contributed by atoms with Gasteiger partial charge in [0.15, 0.2) is 0 Å². The molecular formula is C18H21ClN2O2S2. The Morgan fingerprint density at radius 1 is 1.20 bits per heavy atom. The minimum atomic E-state index is -0.191. The largest absolute Gasteiger partial charge is 0.336 e. The molecule has 7 heteroatoms. The van der Waals surface area contributed by atoms with E-state index >= 15 is 0 Å². The Balaban J connectivity index is 1.78. The number of nitrogens with one attached hydrogen (secondary N) is 1. The van der Waals surface area contributed by atoms with Crippen LogP contribution < -0.4 is 5.32 Å². The highest BCUT2D eigenvalue weighted by atomic mass is 35.5. The number of aryl methyl sites for hydroxylation is 2. The molecule has 0 saturated heterocycles. The fourth-order valence-electron chi connectivity index (χ4n) is 2.27. The third-order valence-corrected chi connectivity index (χ3v) is 6.03. The predicted octanol–water partition coefficient (Wildman–Crippen LogP) is 4.35. The monoisotopic (exact) mass is 396 g/mol. The van der Waals surface area contributed by atoms with Crippen molar-refractivity contribution in [3.05, 3.63) is 50.7 Å². The molecule has 1 aromatic heterocycles. The quantitative estimate of drug-likeness (QED) is 0.756. The lowest BCUT2D eigenvalue weighted by molar-refractivity contribution is -0.131. The number of nitrogens with zero attached hydrogens (tertiary/aromatic N) is 1. The van der Waals surface area contributed by atoms with E-state index in [1.165, 1.54) is 28.0 Å². The molecule has 0 spiro atoms. The molecule has 1 aromatic carbocycles. The number of amides is 2. The lowest BCUT2D eigenvalue weighted by atomic mass is 10.1. The van der Waals surface area contributed by atoms with Gasteiger partial charge in [0, 0.05) is 23.4 Å². The molecule has 25 heavy (non-hydrogen) atoms. The summed E-state index contributed by atoms with van der Waals surface area (Å²) in [6.45, 7) is 3.94. The summed E-state index contributed by atoms with van der Waals surface area (Å²) in [4.78, 5) is 27.0. The van der Waals surface area contributed by atoms with E-state index in [0.717, 1.165) is 31.8 Å². The predicted molar refractivity (Wildman–Crippen MR) is 108 cm³/mol. The van der Waals surface area contributed by atoms with Gasteiger partial charge >= 0.3 is 0 Å². The van der Waals surface area contributed by atoms with Crippen molar-refractivity contribution >= 4 is 52.2 Å². The Hall–Kier alpha value is -1.50. The number of thioether (sulfide) groups is 1. The molecule has 0 bridgehead atoms. The average Bonchev–Trinajstić information content (AvgIpc) is 2.96. The topological polar surface area (TPSA) is 49.4 Å². The van der Waals surface area contributed by atoms with Gasteiger partial charge in [-0.25, -0.2) is 0 Å².